The van der Waals surface area contributed by atoms with Crippen LogP contribution in [0.5, 0.6) is 0 Å². The maximum absolute atomic E-state index is 4.66. The lowest BCUT2D eigenvalue weighted by molar-refractivity contribution is 0.685. The zero-order valence-electron chi connectivity index (χ0n) is 15.9. The Balaban J connectivity index is 1.97. The number of pyridine rings is 1. The van der Waals surface area contributed by atoms with Crippen LogP contribution in [0.25, 0.3) is 10.9 Å². The topological polar surface area (TPSA) is 29.9 Å². The number of rotatable bonds is 7. The maximum Gasteiger partial charge on any atom is 0.150 e. The van der Waals surface area contributed by atoms with Crippen LogP contribution in [0.1, 0.15) is 49.6 Å². The molecule has 0 radical (unpaired) electrons. The van der Waals surface area contributed by atoms with E-state index in [4.69, 9.17) is 0 Å². The molecule has 2 heterocycles. The number of aryl methyl sites for hydroxylation is 4. The van der Waals surface area contributed by atoms with E-state index in [-0.39, 0.29) is 0 Å². The largest absolute Gasteiger partial charge is 0.364 e. The van der Waals surface area contributed by atoms with E-state index in [1.807, 2.05) is 6.20 Å². The summed E-state index contributed by atoms with van der Waals surface area (Å²) in [6, 6.07) is 11.0. The molecular formula is C22H29N3. The quantitative estimate of drug-likeness (QED) is 0.618. The van der Waals surface area contributed by atoms with Crippen molar-refractivity contribution in [2.24, 2.45) is 0 Å². The second-order valence-corrected chi connectivity index (χ2v) is 6.65. The molecule has 0 aliphatic rings. The van der Waals surface area contributed by atoms with Gasteiger partial charge in [0.2, 0.25) is 0 Å². The van der Waals surface area contributed by atoms with Crippen molar-refractivity contribution in [2.45, 2.75) is 60.0 Å². The molecule has 0 atom stereocenters. The van der Waals surface area contributed by atoms with Crippen molar-refractivity contribution in [1.82, 2.24) is 9.55 Å². The molecule has 0 amide bonds. The number of nitrogens with one attached hydrogen (secondary N) is 1. The normalized spacial score (nSPS) is 11.2. The van der Waals surface area contributed by atoms with Crippen LogP contribution >= 0.6 is 0 Å². The highest BCUT2D eigenvalue weighted by atomic mass is 15.1. The number of hydrogen-bond donors (Lipinski definition) is 1. The van der Waals surface area contributed by atoms with Gasteiger partial charge in [-0.1, -0.05) is 39.0 Å². The number of hydrogen-bond acceptors (Lipinski definition) is 2. The lowest BCUT2D eigenvalue weighted by Crippen LogP contribution is -2.09. The van der Waals surface area contributed by atoms with Crippen molar-refractivity contribution in [3.63, 3.8) is 0 Å². The van der Waals surface area contributed by atoms with Gasteiger partial charge in [0.15, 0.2) is 5.82 Å². The lowest BCUT2D eigenvalue weighted by Gasteiger charge is -2.16. The first-order valence-electron chi connectivity index (χ1n) is 9.47. The number of nitrogens with zero attached hydrogens (tertiary/aromatic N) is 2. The standard InChI is InChI=1S/C22H29N3/c1-5-13-25-16(4)14-19-11-12-23-22(21(19)25)24-15-20-17(6-2)9-8-10-18(20)7-3/h8-12,14H,5-7,13,15H2,1-4H3,(H,23,24). The molecule has 3 aromatic rings. The van der Waals surface area contributed by atoms with Gasteiger partial charge in [-0.3, -0.25) is 0 Å². The predicted molar refractivity (Wildman–Crippen MR) is 107 cm³/mol. The summed E-state index contributed by atoms with van der Waals surface area (Å²) < 4.78 is 2.39. The van der Waals surface area contributed by atoms with Gasteiger partial charge in [-0.15, -0.1) is 0 Å². The Morgan fingerprint density at radius 1 is 1.04 bits per heavy atom. The fourth-order valence-electron chi connectivity index (χ4n) is 3.74. The average molecular weight is 335 g/mol. The summed E-state index contributed by atoms with van der Waals surface area (Å²) in [6.45, 7) is 10.7. The van der Waals surface area contributed by atoms with Crippen LogP contribution in [-0.4, -0.2) is 9.55 Å². The van der Waals surface area contributed by atoms with Gasteiger partial charge in [-0.05, 0) is 55.0 Å². The molecule has 3 rings (SSSR count). The third-order valence-electron chi connectivity index (χ3n) is 5.03. The molecule has 132 valence electrons. The zero-order valence-corrected chi connectivity index (χ0v) is 15.9. The fraction of sp³-hybridized carbons (Fsp3) is 0.409. The molecular weight excluding hydrogens is 306 g/mol. The number of benzene rings is 1. The highest BCUT2D eigenvalue weighted by Crippen LogP contribution is 2.27. The van der Waals surface area contributed by atoms with Gasteiger partial charge >= 0.3 is 0 Å². The Morgan fingerprint density at radius 2 is 1.76 bits per heavy atom. The Labute approximate surface area is 151 Å². The molecule has 0 aliphatic carbocycles. The Kier molecular flexibility index (Phi) is 5.42. The second kappa shape index (κ2) is 7.73. The molecule has 0 saturated heterocycles. The third-order valence-corrected chi connectivity index (χ3v) is 5.03. The van der Waals surface area contributed by atoms with Crippen LogP contribution in [-0.2, 0) is 25.9 Å². The molecule has 2 aromatic heterocycles. The summed E-state index contributed by atoms with van der Waals surface area (Å²) in [7, 11) is 0. The maximum atomic E-state index is 4.66. The first-order valence-corrected chi connectivity index (χ1v) is 9.47. The van der Waals surface area contributed by atoms with Crippen LogP contribution in [0.2, 0.25) is 0 Å². The minimum Gasteiger partial charge on any atom is -0.364 e. The minimum absolute atomic E-state index is 0.829. The van der Waals surface area contributed by atoms with E-state index in [9.17, 15) is 0 Å². The molecule has 0 unspecified atom stereocenters. The van der Waals surface area contributed by atoms with Crippen LogP contribution in [0.15, 0.2) is 36.5 Å². The summed E-state index contributed by atoms with van der Waals surface area (Å²) >= 11 is 0. The minimum atomic E-state index is 0.829. The molecule has 1 aromatic carbocycles. The van der Waals surface area contributed by atoms with Gasteiger partial charge in [-0.25, -0.2) is 4.98 Å². The molecule has 0 bridgehead atoms. The fourth-order valence-corrected chi connectivity index (χ4v) is 3.74. The first-order chi connectivity index (χ1) is 12.2. The van der Waals surface area contributed by atoms with Crippen LogP contribution in [0.3, 0.4) is 0 Å². The highest BCUT2D eigenvalue weighted by molar-refractivity contribution is 5.90. The van der Waals surface area contributed by atoms with Crippen LogP contribution in [0, 0.1) is 6.92 Å². The SMILES string of the molecule is CCCn1c(C)cc2ccnc(NCc3c(CC)cccc3CC)c21. The summed E-state index contributed by atoms with van der Waals surface area (Å²) in [5, 5.41) is 4.90. The van der Waals surface area contributed by atoms with E-state index in [2.05, 4.69) is 72.9 Å². The monoisotopic (exact) mass is 335 g/mol. The molecule has 1 N–H and O–H groups in total. The van der Waals surface area contributed by atoms with Gasteiger partial charge in [0, 0.05) is 30.4 Å². The number of fused-ring (bicyclic) bond motifs is 1. The van der Waals surface area contributed by atoms with Crippen molar-refractivity contribution in [1.29, 1.82) is 0 Å². The summed E-state index contributed by atoms with van der Waals surface area (Å²) in [5.41, 5.74) is 6.82. The first kappa shape index (κ1) is 17.5. The summed E-state index contributed by atoms with van der Waals surface area (Å²) in [4.78, 5) is 4.66. The third kappa shape index (κ3) is 3.41. The van der Waals surface area contributed by atoms with Crippen molar-refractivity contribution < 1.29 is 0 Å². The van der Waals surface area contributed by atoms with E-state index < -0.39 is 0 Å². The zero-order chi connectivity index (χ0) is 17.8. The van der Waals surface area contributed by atoms with E-state index in [1.165, 1.54) is 33.3 Å². The van der Waals surface area contributed by atoms with Crippen molar-refractivity contribution >= 4 is 16.7 Å². The van der Waals surface area contributed by atoms with Crippen LogP contribution in [0.4, 0.5) is 5.82 Å². The smallest absolute Gasteiger partial charge is 0.150 e. The van der Waals surface area contributed by atoms with E-state index in [1.54, 1.807) is 0 Å². The highest BCUT2D eigenvalue weighted by Gasteiger charge is 2.12. The molecule has 0 saturated carbocycles. The molecule has 25 heavy (non-hydrogen) atoms. The van der Waals surface area contributed by atoms with Crippen LogP contribution < -0.4 is 5.32 Å². The molecule has 3 nitrogen and oxygen atoms in total. The molecule has 3 heteroatoms. The van der Waals surface area contributed by atoms with Gasteiger partial charge in [0.1, 0.15) is 0 Å². The molecule has 0 aliphatic heterocycles. The van der Waals surface area contributed by atoms with Crippen molar-refractivity contribution in [3.8, 4) is 0 Å². The van der Waals surface area contributed by atoms with Gasteiger partial charge in [0.05, 0.1) is 5.52 Å². The van der Waals surface area contributed by atoms with Gasteiger partial charge in [-0.2, -0.15) is 0 Å². The van der Waals surface area contributed by atoms with E-state index in [0.29, 0.717) is 0 Å². The predicted octanol–water partition coefficient (Wildman–Crippen LogP) is 5.49. The molecule has 0 spiro atoms. The Bertz CT molecular complexity index is 839. The average Bonchev–Trinajstić information content (AvgIpc) is 2.96. The van der Waals surface area contributed by atoms with Crippen molar-refractivity contribution in [2.75, 3.05) is 5.32 Å². The lowest BCUT2D eigenvalue weighted by atomic mass is 9.97. The van der Waals surface area contributed by atoms with Gasteiger partial charge in [0.25, 0.3) is 0 Å². The van der Waals surface area contributed by atoms with Crippen molar-refractivity contribution in [3.05, 3.63) is 58.9 Å². The Morgan fingerprint density at radius 3 is 2.40 bits per heavy atom. The van der Waals surface area contributed by atoms with E-state index >= 15 is 0 Å². The second-order valence-electron chi connectivity index (χ2n) is 6.65. The number of anilines is 1. The summed E-state index contributed by atoms with van der Waals surface area (Å²) in [5.74, 6) is 0.993. The van der Waals surface area contributed by atoms with Gasteiger partial charge < -0.3 is 9.88 Å². The molecule has 0 fully saturated rings. The Hall–Kier alpha value is -2.29. The number of aromatic nitrogens is 2. The van der Waals surface area contributed by atoms with E-state index in [0.717, 1.165) is 38.2 Å². The summed E-state index contributed by atoms with van der Waals surface area (Å²) in [6.07, 6.45) is 5.16.